The third-order valence-electron chi connectivity index (χ3n) is 3.16. The molecule has 1 aromatic heterocycles. The quantitative estimate of drug-likeness (QED) is 0.775. The van der Waals surface area contributed by atoms with E-state index in [1.54, 1.807) is 6.26 Å². The highest BCUT2D eigenvalue weighted by Crippen LogP contribution is 2.26. The molecule has 0 saturated carbocycles. The number of aryl methyl sites for hydroxylation is 1. The van der Waals surface area contributed by atoms with Gasteiger partial charge in [0.2, 0.25) is 0 Å². The maximum atomic E-state index is 5.47. The molecule has 1 heterocycles. The van der Waals surface area contributed by atoms with Gasteiger partial charge in [0.25, 0.3) is 0 Å². The Kier molecular flexibility index (Phi) is 4.89. The van der Waals surface area contributed by atoms with Crippen molar-refractivity contribution < 1.29 is 4.42 Å². The van der Waals surface area contributed by atoms with E-state index in [1.807, 2.05) is 7.05 Å². The fraction of sp³-hybridized carbons (Fsp3) is 0.692. The maximum absolute atomic E-state index is 5.47. The Balaban J connectivity index is 2.73. The summed E-state index contributed by atoms with van der Waals surface area (Å²) in [5.41, 5.74) is 1.33. The molecule has 15 heavy (non-hydrogen) atoms. The lowest BCUT2D eigenvalue weighted by Crippen LogP contribution is -2.19. The van der Waals surface area contributed by atoms with Crippen molar-refractivity contribution >= 4 is 0 Å². The second-order valence-corrected chi connectivity index (χ2v) is 4.24. The molecule has 0 amide bonds. The number of hydrogen-bond donors (Lipinski definition) is 1. The van der Waals surface area contributed by atoms with Crippen LogP contribution in [0, 0.1) is 5.92 Å². The Hall–Kier alpha value is -0.760. The molecule has 2 unspecified atom stereocenters. The Bertz CT molecular complexity index is 280. The summed E-state index contributed by atoms with van der Waals surface area (Å²) in [6, 6.07) is 2.54. The summed E-state index contributed by atoms with van der Waals surface area (Å²) in [5.74, 6) is 1.87. The van der Waals surface area contributed by atoms with Crippen molar-refractivity contribution in [2.75, 3.05) is 7.05 Å². The molecule has 2 nitrogen and oxygen atoms in total. The minimum atomic E-state index is 0.439. The third kappa shape index (κ3) is 3.10. The summed E-state index contributed by atoms with van der Waals surface area (Å²) < 4.78 is 5.47. The molecule has 86 valence electrons. The van der Waals surface area contributed by atoms with Gasteiger partial charge in [-0.15, -0.1) is 0 Å². The maximum Gasteiger partial charge on any atom is 0.108 e. The molecule has 0 saturated heterocycles. The Morgan fingerprint density at radius 3 is 2.67 bits per heavy atom. The molecule has 0 radical (unpaired) electrons. The third-order valence-corrected chi connectivity index (χ3v) is 3.16. The van der Waals surface area contributed by atoms with Crippen molar-refractivity contribution in [2.24, 2.45) is 5.92 Å². The fourth-order valence-electron chi connectivity index (χ4n) is 1.92. The Morgan fingerprint density at radius 1 is 1.40 bits per heavy atom. The molecule has 0 spiro atoms. The van der Waals surface area contributed by atoms with Gasteiger partial charge in [-0.1, -0.05) is 27.2 Å². The van der Waals surface area contributed by atoms with Gasteiger partial charge in [-0.2, -0.15) is 0 Å². The second kappa shape index (κ2) is 5.96. The largest absolute Gasteiger partial charge is 0.469 e. The van der Waals surface area contributed by atoms with Crippen molar-refractivity contribution in [1.82, 2.24) is 5.32 Å². The van der Waals surface area contributed by atoms with Crippen LogP contribution in [0.25, 0.3) is 0 Å². The molecule has 2 heteroatoms. The summed E-state index contributed by atoms with van der Waals surface area (Å²) in [7, 11) is 2.03. The molecular formula is C13H23NO. The average molecular weight is 209 g/mol. The number of nitrogens with one attached hydrogen (secondary N) is 1. The zero-order valence-electron chi connectivity index (χ0n) is 10.3. The SMILES string of the molecule is CCc1occc1C(CC(C)CC)NC. The van der Waals surface area contributed by atoms with Crippen LogP contribution >= 0.6 is 0 Å². The van der Waals surface area contributed by atoms with Crippen molar-refractivity contribution in [1.29, 1.82) is 0 Å². The van der Waals surface area contributed by atoms with Crippen LogP contribution in [0.3, 0.4) is 0 Å². The lowest BCUT2D eigenvalue weighted by atomic mass is 9.94. The second-order valence-electron chi connectivity index (χ2n) is 4.24. The van der Waals surface area contributed by atoms with Gasteiger partial charge in [0.1, 0.15) is 5.76 Å². The van der Waals surface area contributed by atoms with Crippen molar-refractivity contribution in [2.45, 2.75) is 46.1 Å². The summed E-state index contributed by atoms with van der Waals surface area (Å²) in [4.78, 5) is 0. The first kappa shape index (κ1) is 12.3. The summed E-state index contributed by atoms with van der Waals surface area (Å²) in [5, 5.41) is 3.38. The van der Waals surface area contributed by atoms with Crippen molar-refractivity contribution in [3.05, 3.63) is 23.7 Å². The Morgan fingerprint density at radius 2 is 2.13 bits per heavy atom. The van der Waals surface area contributed by atoms with E-state index >= 15 is 0 Å². The van der Waals surface area contributed by atoms with Crippen LogP contribution in [-0.4, -0.2) is 7.05 Å². The van der Waals surface area contributed by atoms with Crippen LogP contribution in [0.15, 0.2) is 16.7 Å². The molecule has 1 aromatic rings. The van der Waals surface area contributed by atoms with Gasteiger partial charge in [0, 0.05) is 18.0 Å². The summed E-state index contributed by atoms with van der Waals surface area (Å²) >= 11 is 0. The summed E-state index contributed by atoms with van der Waals surface area (Å²) in [6.07, 6.45) is 5.19. The highest BCUT2D eigenvalue weighted by Gasteiger charge is 2.17. The average Bonchev–Trinajstić information content (AvgIpc) is 2.73. The van der Waals surface area contributed by atoms with E-state index < -0.39 is 0 Å². The normalized spacial score (nSPS) is 15.2. The minimum absolute atomic E-state index is 0.439. The monoisotopic (exact) mass is 209 g/mol. The first-order chi connectivity index (χ1) is 7.22. The van der Waals surface area contributed by atoms with Gasteiger partial charge in [0.05, 0.1) is 6.26 Å². The number of hydrogen-bond acceptors (Lipinski definition) is 2. The predicted molar refractivity (Wildman–Crippen MR) is 64.0 cm³/mol. The van der Waals surface area contributed by atoms with Crippen LogP contribution < -0.4 is 5.32 Å². The molecule has 1 rings (SSSR count). The molecule has 2 atom stereocenters. The van der Waals surface area contributed by atoms with E-state index in [4.69, 9.17) is 4.42 Å². The van der Waals surface area contributed by atoms with Gasteiger partial charge >= 0.3 is 0 Å². The van der Waals surface area contributed by atoms with E-state index in [0.717, 1.165) is 18.1 Å². The van der Waals surface area contributed by atoms with E-state index in [9.17, 15) is 0 Å². The zero-order valence-corrected chi connectivity index (χ0v) is 10.3. The molecule has 0 aliphatic heterocycles. The van der Waals surface area contributed by atoms with Gasteiger partial charge < -0.3 is 9.73 Å². The minimum Gasteiger partial charge on any atom is -0.469 e. The molecular weight excluding hydrogens is 186 g/mol. The smallest absolute Gasteiger partial charge is 0.108 e. The molecule has 0 aromatic carbocycles. The Labute approximate surface area is 93.1 Å². The number of rotatable bonds is 6. The zero-order chi connectivity index (χ0) is 11.3. The van der Waals surface area contributed by atoms with Crippen molar-refractivity contribution in [3.8, 4) is 0 Å². The molecule has 1 N–H and O–H groups in total. The van der Waals surface area contributed by atoms with E-state index in [0.29, 0.717) is 6.04 Å². The number of furan rings is 1. The molecule has 0 fully saturated rings. The highest BCUT2D eigenvalue weighted by molar-refractivity contribution is 5.21. The van der Waals surface area contributed by atoms with Crippen LogP contribution in [-0.2, 0) is 6.42 Å². The van der Waals surface area contributed by atoms with Gasteiger partial charge in [-0.05, 0) is 25.5 Å². The highest BCUT2D eigenvalue weighted by atomic mass is 16.3. The van der Waals surface area contributed by atoms with Gasteiger partial charge in [0.15, 0.2) is 0 Å². The lowest BCUT2D eigenvalue weighted by molar-refractivity contribution is 0.412. The first-order valence-corrected chi connectivity index (χ1v) is 5.96. The molecule has 0 aliphatic carbocycles. The van der Waals surface area contributed by atoms with E-state index in [-0.39, 0.29) is 0 Å². The van der Waals surface area contributed by atoms with Gasteiger partial charge in [-0.3, -0.25) is 0 Å². The predicted octanol–water partition coefficient (Wildman–Crippen LogP) is 3.54. The van der Waals surface area contributed by atoms with E-state index in [1.165, 1.54) is 18.4 Å². The first-order valence-electron chi connectivity index (χ1n) is 5.96. The van der Waals surface area contributed by atoms with Crippen LogP contribution in [0.2, 0.25) is 0 Å². The van der Waals surface area contributed by atoms with Crippen LogP contribution in [0.1, 0.15) is 51.0 Å². The molecule has 0 aliphatic rings. The fourth-order valence-corrected chi connectivity index (χ4v) is 1.92. The topological polar surface area (TPSA) is 25.2 Å². The summed E-state index contributed by atoms with van der Waals surface area (Å²) in [6.45, 7) is 6.68. The lowest BCUT2D eigenvalue weighted by Gasteiger charge is -2.19. The molecule has 0 bridgehead atoms. The standard InChI is InChI=1S/C13H23NO/c1-5-10(3)9-12(14-4)11-7-8-15-13(11)6-2/h7-8,10,12,14H,5-6,9H2,1-4H3. The van der Waals surface area contributed by atoms with E-state index in [2.05, 4.69) is 32.2 Å². The van der Waals surface area contributed by atoms with Gasteiger partial charge in [-0.25, -0.2) is 0 Å². The van der Waals surface area contributed by atoms with Crippen molar-refractivity contribution in [3.63, 3.8) is 0 Å². The van der Waals surface area contributed by atoms with Crippen LogP contribution in [0.4, 0.5) is 0 Å². The van der Waals surface area contributed by atoms with Crippen LogP contribution in [0.5, 0.6) is 0 Å².